The van der Waals surface area contributed by atoms with E-state index in [1.807, 2.05) is 0 Å². The Morgan fingerprint density at radius 3 is 2.70 bits per heavy atom. The Labute approximate surface area is 191 Å². The number of sulfonamides is 1. The Morgan fingerprint density at radius 2 is 1.94 bits per heavy atom. The van der Waals surface area contributed by atoms with Gasteiger partial charge in [-0.1, -0.05) is 11.6 Å². The first-order chi connectivity index (χ1) is 15.7. The molecule has 0 bridgehead atoms. The van der Waals surface area contributed by atoms with Crippen molar-refractivity contribution in [1.82, 2.24) is 25.1 Å². The molecule has 10 nitrogen and oxygen atoms in total. The van der Waals surface area contributed by atoms with Gasteiger partial charge in [-0.15, -0.1) is 0 Å². The van der Waals surface area contributed by atoms with Gasteiger partial charge in [0, 0.05) is 17.0 Å². The van der Waals surface area contributed by atoms with E-state index in [0.717, 1.165) is 23.8 Å². The molecule has 0 amide bonds. The molecule has 33 heavy (non-hydrogen) atoms. The van der Waals surface area contributed by atoms with E-state index in [4.69, 9.17) is 21.1 Å². The second-order valence-electron chi connectivity index (χ2n) is 6.68. The number of halogens is 3. The van der Waals surface area contributed by atoms with Crippen LogP contribution in [0, 0.1) is 18.6 Å². The highest BCUT2D eigenvalue weighted by Crippen LogP contribution is 2.31. The van der Waals surface area contributed by atoms with Crippen LogP contribution < -0.4 is 14.2 Å². The summed E-state index contributed by atoms with van der Waals surface area (Å²) in [5, 5.41) is 7.18. The van der Waals surface area contributed by atoms with Gasteiger partial charge in [-0.25, -0.2) is 32.2 Å². The number of aryl methyl sites for hydroxylation is 1. The molecule has 4 aromatic rings. The molecule has 2 N–H and O–H groups in total. The van der Waals surface area contributed by atoms with Crippen molar-refractivity contribution >= 4 is 38.5 Å². The lowest BCUT2D eigenvalue weighted by atomic mass is 10.2. The fraction of sp³-hybridized carbons (Fsp3) is 0.158. The second-order valence-corrected chi connectivity index (χ2v) is 8.71. The third-order valence-corrected chi connectivity index (χ3v) is 6.27. The molecule has 4 aromatic heterocycles. The summed E-state index contributed by atoms with van der Waals surface area (Å²) in [6.07, 6.45) is 3.00. The van der Waals surface area contributed by atoms with Crippen molar-refractivity contribution in [1.29, 1.82) is 0 Å². The summed E-state index contributed by atoms with van der Waals surface area (Å²) < 4.78 is 66.1. The van der Waals surface area contributed by atoms with Crippen molar-refractivity contribution in [3.8, 4) is 11.6 Å². The number of hydrogen-bond donors (Lipinski definition) is 2. The molecule has 14 heteroatoms. The van der Waals surface area contributed by atoms with Gasteiger partial charge in [0.05, 0.1) is 36.4 Å². The molecule has 4 heterocycles. The SMILES string of the molecule is COc1ncc(F)cc1S(=O)(=O)Nc1ncc(F)c(COc2cnc3[nH]nc(C)c3c2)c1Cl. The van der Waals surface area contributed by atoms with E-state index < -0.39 is 26.6 Å². The summed E-state index contributed by atoms with van der Waals surface area (Å²) in [6, 6.07) is 2.39. The summed E-state index contributed by atoms with van der Waals surface area (Å²) in [4.78, 5) is 10.9. The monoisotopic (exact) mass is 496 g/mol. The minimum absolute atomic E-state index is 0.155. The Bertz CT molecular complexity index is 1460. The summed E-state index contributed by atoms with van der Waals surface area (Å²) in [7, 11) is -3.25. The zero-order chi connectivity index (χ0) is 23.8. The zero-order valence-corrected chi connectivity index (χ0v) is 18.6. The lowest BCUT2D eigenvalue weighted by Crippen LogP contribution is -2.17. The number of rotatable bonds is 7. The fourth-order valence-electron chi connectivity index (χ4n) is 2.89. The first-order valence-electron chi connectivity index (χ1n) is 9.18. The van der Waals surface area contributed by atoms with Crippen molar-refractivity contribution in [2.45, 2.75) is 18.4 Å². The van der Waals surface area contributed by atoms with Gasteiger partial charge < -0.3 is 9.47 Å². The van der Waals surface area contributed by atoms with Gasteiger partial charge in [-0.3, -0.25) is 9.82 Å². The number of aromatic amines is 1. The average molecular weight is 497 g/mol. The van der Waals surface area contributed by atoms with Crippen molar-refractivity contribution in [2.75, 3.05) is 11.8 Å². The van der Waals surface area contributed by atoms with Gasteiger partial charge >= 0.3 is 0 Å². The number of hydrogen-bond acceptors (Lipinski definition) is 8. The molecule has 0 saturated carbocycles. The number of anilines is 1. The Kier molecular flexibility index (Phi) is 5.99. The van der Waals surface area contributed by atoms with Gasteiger partial charge in [0.15, 0.2) is 16.4 Å². The van der Waals surface area contributed by atoms with Crippen molar-refractivity contribution in [2.24, 2.45) is 0 Å². The van der Waals surface area contributed by atoms with Gasteiger partial charge in [0.25, 0.3) is 10.0 Å². The van der Waals surface area contributed by atoms with Crippen LogP contribution in [0.4, 0.5) is 14.6 Å². The summed E-state index contributed by atoms with van der Waals surface area (Å²) in [5.74, 6) is -2.13. The smallest absolute Gasteiger partial charge is 0.268 e. The van der Waals surface area contributed by atoms with Crippen LogP contribution in [0.3, 0.4) is 0 Å². The van der Waals surface area contributed by atoms with Crippen LogP contribution in [0.5, 0.6) is 11.6 Å². The zero-order valence-electron chi connectivity index (χ0n) is 17.1. The van der Waals surface area contributed by atoms with E-state index in [-0.39, 0.29) is 28.9 Å². The molecule has 0 spiro atoms. The Morgan fingerprint density at radius 1 is 1.15 bits per heavy atom. The number of nitrogens with zero attached hydrogens (tertiary/aromatic N) is 4. The maximum absolute atomic E-state index is 14.4. The predicted molar refractivity (Wildman–Crippen MR) is 114 cm³/mol. The highest BCUT2D eigenvalue weighted by atomic mass is 35.5. The summed E-state index contributed by atoms with van der Waals surface area (Å²) >= 11 is 6.22. The number of aromatic nitrogens is 5. The molecular weight excluding hydrogens is 482 g/mol. The molecule has 4 rings (SSSR count). The van der Waals surface area contributed by atoms with E-state index in [1.165, 1.54) is 13.3 Å². The Balaban J connectivity index is 1.61. The van der Waals surface area contributed by atoms with Crippen LogP contribution in [-0.2, 0) is 16.6 Å². The highest BCUT2D eigenvalue weighted by molar-refractivity contribution is 7.92. The normalized spacial score (nSPS) is 11.5. The number of pyridine rings is 3. The molecule has 0 unspecified atom stereocenters. The number of H-pyrrole nitrogens is 1. The van der Waals surface area contributed by atoms with E-state index in [9.17, 15) is 17.2 Å². The number of nitrogens with one attached hydrogen (secondary N) is 2. The van der Waals surface area contributed by atoms with Crippen LogP contribution >= 0.6 is 11.6 Å². The molecular formula is C19H15ClF2N6O4S. The third kappa shape index (κ3) is 4.50. The molecule has 0 fully saturated rings. The van der Waals surface area contributed by atoms with Gasteiger partial charge in [-0.2, -0.15) is 5.10 Å². The maximum Gasteiger partial charge on any atom is 0.268 e. The van der Waals surface area contributed by atoms with Crippen molar-refractivity contribution in [3.05, 3.63) is 58.6 Å². The second kappa shape index (κ2) is 8.75. The predicted octanol–water partition coefficient (Wildman–Crippen LogP) is 3.38. The van der Waals surface area contributed by atoms with Crippen molar-refractivity contribution in [3.63, 3.8) is 0 Å². The van der Waals surface area contributed by atoms with Crippen LogP contribution in [-0.4, -0.2) is 40.7 Å². The first kappa shape index (κ1) is 22.6. The van der Waals surface area contributed by atoms with E-state index in [0.29, 0.717) is 17.1 Å². The van der Waals surface area contributed by atoms with E-state index in [2.05, 4.69) is 29.9 Å². The molecule has 0 aromatic carbocycles. The van der Waals surface area contributed by atoms with E-state index >= 15 is 0 Å². The molecule has 0 saturated heterocycles. The van der Waals surface area contributed by atoms with Crippen LogP contribution in [0.2, 0.25) is 5.02 Å². The maximum atomic E-state index is 14.4. The van der Waals surface area contributed by atoms with Gasteiger partial charge in [0.1, 0.15) is 24.0 Å². The standard InChI is InChI=1S/C19H15ClF2N6O4S/c1-9-12-4-11(6-23-17(12)27-26-9)32-8-13-14(22)7-24-18(16(13)20)28-33(29,30)15-3-10(21)5-25-19(15)31-2/h3-7H,8H2,1-2H3,(H,24,28)(H,23,26,27). The Hall–Kier alpha value is -3.58. The average Bonchev–Trinajstić information content (AvgIpc) is 3.16. The minimum atomic E-state index is -4.43. The largest absolute Gasteiger partial charge is 0.487 e. The van der Waals surface area contributed by atoms with E-state index in [1.54, 1.807) is 13.0 Å². The van der Waals surface area contributed by atoms with Crippen LogP contribution in [0.25, 0.3) is 11.0 Å². The quantitative estimate of drug-likeness (QED) is 0.398. The fourth-order valence-corrected chi connectivity index (χ4v) is 4.34. The highest BCUT2D eigenvalue weighted by Gasteiger charge is 2.25. The molecule has 0 atom stereocenters. The van der Waals surface area contributed by atoms with Crippen LogP contribution in [0.1, 0.15) is 11.3 Å². The summed E-state index contributed by atoms with van der Waals surface area (Å²) in [5.41, 5.74) is 1.11. The van der Waals surface area contributed by atoms with Gasteiger partial charge in [0.2, 0.25) is 5.88 Å². The molecule has 0 radical (unpaired) electrons. The summed E-state index contributed by atoms with van der Waals surface area (Å²) in [6.45, 7) is 1.43. The lowest BCUT2D eigenvalue weighted by molar-refractivity contribution is 0.299. The topological polar surface area (TPSA) is 132 Å². The number of ether oxygens (including phenoxy) is 2. The molecule has 172 valence electrons. The number of fused-ring (bicyclic) bond motifs is 1. The van der Waals surface area contributed by atoms with Crippen molar-refractivity contribution < 1.29 is 26.7 Å². The number of methoxy groups -OCH3 is 1. The van der Waals surface area contributed by atoms with Crippen LogP contribution in [0.15, 0.2) is 35.6 Å². The van der Waals surface area contributed by atoms with Gasteiger partial charge in [-0.05, 0) is 13.0 Å². The third-order valence-electron chi connectivity index (χ3n) is 4.53. The molecule has 0 aliphatic heterocycles. The minimum Gasteiger partial charge on any atom is -0.487 e. The molecule has 0 aliphatic rings. The molecule has 0 aliphatic carbocycles. The first-order valence-corrected chi connectivity index (χ1v) is 11.0. The lowest BCUT2D eigenvalue weighted by Gasteiger charge is -2.14.